The van der Waals surface area contributed by atoms with Crippen molar-refractivity contribution in [3.05, 3.63) is 214 Å². The highest BCUT2D eigenvalue weighted by Crippen LogP contribution is 2.58. The van der Waals surface area contributed by atoms with Crippen molar-refractivity contribution in [1.82, 2.24) is 19.8 Å². The van der Waals surface area contributed by atoms with Gasteiger partial charge >= 0.3 is 17.6 Å². The van der Waals surface area contributed by atoms with Gasteiger partial charge < -0.3 is 65.6 Å². The highest BCUT2D eigenvalue weighted by atomic mass is 28.4. The molecule has 2 aliphatic heterocycles. The Morgan fingerprint density at radius 1 is 0.377 bits per heavy atom. The number of aromatic nitrogens is 2. The van der Waals surface area contributed by atoms with Crippen LogP contribution in [-0.4, -0.2) is 154 Å². The molecule has 9 aromatic carbocycles. The van der Waals surface area contributed by atoms with Crippen molar-refractivity contribution in [2.45, 2.75) is 65.7 Å². The maximum Gasteiger partial charge on any atom is 0.504 e. The van der Waals surface area contributed by atoms with Crippen LogP contribution in [0.1, 0.15) is 88.7 Å². The lowest BCUT2D eigenvalue weighted by atomic mass is 9.80. The zero-order valence-corrected chi connectivity index (χ0v) is 62.5. The predicted octanol–water partition coefficient (Wildman–Crippen LogP) is 14.1. The van der Waals surface area contributed by atoms with Crippen LogP contribution in [-0.2, 0) is 57.7 Å². The molecule has 544 valence electrons. The fourth-order valence-corrected chi connectivity index (χ4v) is 17.0. The maximum atomic E-state index is 16.4. The molecule has 2 N–H and O–H groups in total. The van der Waals surface area contributed by atoms with Crippen LogP contribution < -0.4 is 29.6 Å². The number of carbonyl (C=O) groups excluding carboxylic acids is 6. The first kappa shape index (κ1) is 73.4. The van der Waals surface area contributed by atoms with E-state index < -0.39 is 78.3 Å². The van der Waals surface area contributed by atoms with Gasteiger partial charge in [0.05, 0.1) is 35.5 Å². The third-order valence-corrected chi connectivity index (χ3v) is 24.7. The van der Waals surface area contributed by atoms with Gasteiger partial charge in [0, 0.05) is 123 Å². The Kier molecular flexibility index (Phi) is 21.2. The van der Waals surface area contributed by atoms with Gasteiger partial charge in [0.25, 0.3) is 35.4 Å². The quantitative estimate of drug-likeness (QED) is 0.0183. The molecule has 13 rings (SSSR count). The topological polar surface area (TPSA) is 269 Å². The minimum atomic E-state index is -3.20. The SMILES string of the molecule is CCOCC(C(=O)Nc1cc(C[Si](OC)(OC)OC)ccn1)N1C(=O)c2cc(Oc3ccccc3C)c3c4c(Oc5ccccc5C)cc5c6c(cc(Oc7ccccc7C)c(c7c(Oc8ccccc8C)cc(c2c37)C1=O)c64)C(=O)N(C(COCC)C(=O)Nc1cc(C[Si](OC)(OC)OC)ccn1)C5=O. The minimum absolute atomic E-state index is 0.0394. The number of carbonyl (C=O) groups is 6. The highest BCUT2D eigenvalue weighted by molar-refractivity contribution is 6.60. The number of anilines is 2. The zero-order valence-electron chi connectivity index (χ0n) is 60.5. The van der Waals surface area contributed by atoms with Crippen molar-refractivity contribution in [2.75, 3.05) is 79.7 Å². The second kappa shape index (κ2) is 30.7. The molecule has 4 heterocycles. The van der Waals surface area contributed by atoms with Crippen molar-refractivity contribution in [2.24, 2.45) is 0 Å². The summed E-state index contributed by atoms with van der Waals surface area (Å²) in [5.41, 5.74) is 3.78. The Balaban J connectivity index is 1.11. The largest absolute Gasteiger partial charge is 0.504 e. The van der Waals surface area contributed by atoms with Crippen molar-refractivity contribution in [3.8, 4) is 46.0 Å². The molecule has 11 aromatic rings. The minimum Gasteiger partial charge on any atom is -0.456 e. The molecular weight excluding hydrogens is 1390 g/mol. The summed E-state index contributed by atoms with van der Waals surface area (Å²) < 4.78 is 75.4. The van der Waals surface area contributed by atoms with Gasteiger partial charge in [-0.2, -0.15) is 0 Å². The lowest BCUT2D eigenvalue weighted by Crippen LogP contribution is -2.54. The van der Waals surface area contributed by atoms with E-state index in [4.69, 9.17) is 55.0 Å². The van der Waals surface area contributed by atoms with Crippen molar-refractivity contribution in [3.63, 3.8) is 0 Å². The van der Waals surface area contributed by atoms with Gasteiger partial charge in [-0.1, -0.05) is 72.8 Å². The molecule has 2 aromatic heterocycles. The van der Waals surface area contributed by atoms with Crippen LogP contribution >= 0.6 is 0 Å². The summed E-state index contributed by atoms with van der Waals surface area (Å²) in [5.74, 6) is -3.43. The van der Waals surface area contributed by atoms with Crippen LogP contribution in [0.25, 0.3) is 43.1 Å². The smallest absolute Gasteiger partial charge is 0.456 e. The molecule has 0 aliphatic carbocycles. The third kappa shape index (κ3) is 13.6. The molecule has 26 heteroatoms. The van der Waals surface area contributed by atoms with Gasteiger partial charge in [-0.15, -0.1) is 0 Å². The molecule has 0 saturated carbocycles. The number of rotatable bonds is 30. The molecule has 0 bridgehead atoms. The monoisotopic (exact) mass is 1470 g/mol. The normalized spacial score (nSPS) is 13.7. The lowest BCUT2D eigenvalue weighted by molar-refractivity contribution is -0.122. The number of nitrogens with one attached hydrogen (secondary N) is 2. The molecule has 24 nitrogen and oxygen atoms in total. The molecule has 2 aliphatic rings. The van der Waals surface area contributed by atoms with Gasteiger partial charge in [0.2, 0.25) is 0 Å². The number of benzene rings is 9. The number of hydrogen-bond donors (Lipinski definition) is 2. The first-order valence-electron chi connectivity index (χ1n) is 34.3. The Hall–Kier alpha value is -10.9. The van der Waals surface area contributed by atoms with Crippen LogP contribution in [0.5, 0.6) is 46.0 Å². The van der Waals surface area contributed by atoms with Crippen LogP contribution in [0.15, 0.2) is 158 Å². The van der Waals surface area contributed by atoms with E-state index in [2.05, 4.69) is 20.6 Å². The van der Waals surface area contributed by atoms with Crippen LogP contribution in [0.3, 0.4) is 0 Å². The molecule has 0 fully saturated rings. The Labute approximate surface area is 613 Å². The van der Waals surface area contributed by atoms with E-state index in [0.717, 1.165) is 9.80 Å². The Morgan fingerprint density at radius 3 is 0.906 bits per heavy atom. The maximum absolute atomic E-state index is 16.4. The van der Waals surface area contributed by atoms with Crippen molar-refractivity contribution in [1.29, 1.82) is 0 Å². The van der Waals surface area contributed by atoms with E-state index in [-0.39, 0.29) is 125 Å². The van der Waals surface area contributed by atoms with Gasteiger partial charge in [0.15, 0.2) is 0 Å². The van der Waals surface area contributed by atoms with Gasteiger partial charge in [-0.05, 0) is 148 Å². The third-order valence-electron chi connectivity index (χ3n) is 19.3. The second-order valence-corrected chi connectivity index (χ2v) is 31.4. The summed E-state index contributed by atoms with van der Waals surface area (Å²) in [5, 5.41) is 7.41. The number of fused-ring (bicyclic) bond motifs is 2. The van der Waals surface area contributed by atoms with Crippen molar-refractivity contribution < 1.29 is 83.7 Å². The zero-order chi connectivity index (χ0) is 74.9. The molecule has 0 saturated heterocycles. The van der Waals surface area contributed by atoms with Crippen LogP contribution in [0.4, 0.5) is 11.6 Å². The summed E-state index contributed by atoms with van der Waals surface area (Å²) in [7, 11) is 2.54. The fourth-order valence-electron chi connectivity index (χ4n) is 13.7. The van der Waals surface area contributed by atoms with E-state index in [1.165, 1.54) is 79.3 Å². The summed E-state index contributed by atoms with van der Waals surface area (Å²) in [6.07, 6.45) is 2.99. The van der Waals surface area contributed by atoms with Gasteiger partial charge in [0.1, 0.15) is 69.7 Å². The first-order chi connectivity index (χ1) is 51.3. The number of hydrogen-bond acceptors (Lipinski definition) is 20. The summed E-state index contributed by atoms with van der Waals surface area (Å²) >= 11 is 0. The van der Waals surface area contributed by atoms with Gasteiger partial charge in [-0.3, -0.25) is 38.6 Å². The van der Waals surface area contributed by atoms with Gasteiger partial charge in [-0.25, -0.2) is 9.97 Å². The van der Waals surface area contributed by atoms with E-state index in [9.17, 15) is 0 Å². The average Bonchev–Trinajstić information content (AvgIpc) is 0.670. The molecule has 0 spiro atoms. The highest BCUT2D eigenvalue weighted by Gasteiger charge is 2.48. The molecule has 6 amide bonds. The summed E-state index contributed by atoms with van der Waals surface area (Å²) in [6, 6.07) is 39.1. The number of pyridine rings is 2. The fraction of sp³-hybridized carbons (Fsp3) is 0.250. The average molecular weight is 1470 g/mol. The Morgan fingerprint density at radius 2 is 0.651 bits per heavy atom. The second-order valence-electron chi connectivity index (χ2n) is 25.5. The van der Waals surface area contributed by atoms with Crippen molar-refractivity contribution >= 4 is 108 Å². The molecular formula is C80H78N6O18Si2. The number of para-hydroxylation sites is 4. The van der Waals surface area contributed by atoms with E-state index in [0.29, 0.717) is 56.4 Å². The Bertz CT molecular complexity index is 4740. The number of ether oxygens (including phenoxy) is 6. The molecule has 106 heavy (non-hydrogen) atoms. The summed E-state index contributed by atoms with van der Waals surface area (Å²) in [4.78, 5) is 107. The number of imide groups is 2. The number of aryl methyl sites for hydroxylation is 4. The predicted molar refractivity (Wildman–Crippen MR) is 401 cm³/mol. The van der Waals surface area contributed by atoms with Crippen LogP contribution in [0.2, 0.25) is 0 Å². The number of nitrogens with zero attached hydrogens (tertiary/aromatic N) is 4. The van der Waals surface area contributed by atoms with Crippen LogP contribution in [0, 0.1) is 27.7 Å². The lowest BCUT2D eigenvalue weighted by Gasteiger charge is -2.35. The molecule has 0 radical (unpaired) electrons. The number of amides is 6. The molecule has 2 atom stereocenters. The first-order valence-corrected chi connectivity index (χ1v) is 38.2. The van der Waals surface area contributed by atoms with E-state index in [1.54, 1.807) is 86.6 Å². The summed E-state index contributed by atoms with van der Waals surface area (Å²) in [6.45, 7) is 10.2. The molecule has 2 unspecified atom stereocenters. The van der Waals surface area contributed by atoms with E-state index >= 15 is 28.8 Å². The van der Waals surface area contributed by atoms with E-state index in [1.807, 2.05) is 76.2 Å². The standard InChI is InChI=1S/C80H78N6O18Si2/c1-13-99-41-55(75(87)83-65-35-49(31-33-81-65)43-105(93-7,94-8)95-9)85-77(89)51-37-61(101-57-27-19-15-23-45(57)3)69-71-63(103-59-29-21-17-25-47(59)5)39-53-68-54(80(92)86(79(53)91)56(42-100-14-2)76(88)84-66-36-50(32-34-82-66)44-106(96-10,97-11)98-12)40-64(104-60-30-22-18-26-48(60)6)72(74(68)71)70-62(102-58-28-20-16-24-46(58)4)38-52(78(85)90)67(51)73(69)70/h15-40,55-56H,13-14,41-44H2,1-12H3,(H,81,83,87)(H,82,84,88).